The predicted molar refractivity (Wildman–Crippen MR) is 121 cm³/mol. The lowest BCUT2D eigenvalue weighted by Crippen LogP contribution is -2.53. The van der Waals surface area contributed by atoms with Crippen LogP contribution in [0.5, 0.6) is 11.5 Å². The molecular formula is C23H23N5O5. The number of hydrogen-bond donors (Lipinski definition) is 2. The Labute approximate surface area is 189 Å². The van der Waals surface area contributed by atoms with Gasteiger partial charge in [0.05, 0.1) is 18.1 Å². The molecule has 5 rings (SSSR count). The van der Waals surface area contributed by atoms with Crippen molar-refractivity contribution in [3.63, 3.8) is 0 Å². The lowest BCUT2D eigenvalue weighted by atomic mass is 10.1. The van der Waals surface area contributed by atoms with Crippen molar-refractivity contribution in [2.75, 3.05) is 26.7 Å². The van der Waals surface area contributed by atoms with Gasteiger partial charge in [0, 0.05) is 50.1 Å². The van der Waals surface area contributed by atoms with Crippen LogP contribution >= 0.6 is 0 Å². The molecule has 170 valence electrons. The second kappa shape index (κ2) is 8.21. The van der Waals surface area contributed by atoms with E-state index in [1.165, 1.54) is 4.90 Å². The van der Waals surface area contributed by atoms with Crippen LogP contribution in [0.15, 0.2) is 45.1 Å². The lowest BCUT2D eigenvalue weighted by Gasteiger charge is -2.38. The number of nitrogens with zero attached hydrogens (tertiary/aromatic N) is 5. The largest absolute Gasteiger partial charge is 0.504 e. The number of carboxylic acid groups (broad SMARTS) is 1. The highest BCUT2D eigenvalue weighted by Gasteiger charge is 2.29. The quantitative estimate of drug-likeness (QED) is 0.608. The molecule has 3 aromatic rings. The number of amides is 1. The summed E-state index contributed by atoms with van der Waals surface area (Å²) in [5.41, 5.74) is 2.63. The van der Waals surface area contributed by atoms with Gasteiger partial charge in [-0.15, -0.1) is 10.2 Å². The van der Waals surface area contributed by atoms with Gasteiger partial charge in [-0.25, -0.2) is 9.78 Å². The highest BCUT2D eigenvalue weighted by molar-refractivity contribution is 5.94. The number of rotatable bonds is 4. The number of aromatic hydroxyl groups is 1. The van der Waals surface area contributed by atoms with Crippen LogP contribution in [0.25, 0.3) is 22.7 Å². The van der Waals surface area contributed by atoms with E-state index in [4.69, 9.17) is 9.15 Å². The third-order valence-electron chi connectivity index (χ3n) is 6.06. The Kier molecular flexibility index (Phi) is 5.21. The number of hydrogen-bond acceptors (Lipinski definition) is 8. The van der Waals surface area contributed by atoms with E-state index in [9.17, 15) is 15.0 Å². The molecule has 2 aromatic heterocycles. The number of carbonyl (C=O) groups is 1. The van der Waals surface area contributed by atoms with E-state index in [1.54, 1.807) is 37.6 Å². The number of benzene rings is 1. The van der Waals surface area contributed by atoms with Gasteiger partial charge in [-0.1, -0.05) is 0 Å². The van der Waals surface area contributed by atoms with E-state index >= 15 is 0 Å². The minimum absolute atomic E-state index is 0.0120. The SMILES string of the molecule is COc1ccc2c(O)c(C=C3N=Nc4ncccc43)oc2c1CN1CCN(C(=O)O)C(C)C1. The fourth-order valence-electron chi connectivity index (χ4n) is 4.39. The normalized spacial score (nSPS) is 19.4. The Morgan fingerprint density at radius 1 is 1.30 bits per heavy atom. The molecule has 4 heterocycles. The first-order chi connectivity index (χ1) is 16.0. The van der Waals surface area contributed by atoms with Crippen LogP contribution < -0.4 is 4.74 Å². The molecule has 1 saturated heterocycles. The molecule has 0 bridgehead atoms. The van der Waals surface area contributed by atoms with E-state index in [-0.39, 0.29) is 17.6 Å². The molecule has 10 nitrogen and oxygen atoms in total. The van der Waals surface area contributed by atoms with Gasteiger partial charge in [0.15, 0.2) is 17.3 Å². The highest BCUT2D eigenvalue weighted by Crippen LogP contribution is 2.41. The van der Waals surface area contributed by atoms with Gasteiger partial charge in [-0.3, -0.25) is 4.90 Å². The average Bonchev–Trinajstić information content (AvgIpc) is 3.35. The van der Waals surface area contributed by atoms with Crippen molar-refractivity contribution >= 4 is 34.7 Å². The van der Waals surface area contributed by atoms with Crippen molar-refractivity contribution in [1.82, 2.24) is 14.8 Å². The number of azo groups is 1. The van der Waals surface area contributed by atoms with Crippen molar-refractivity contribution < 1.29 is 24.2 Å². The summed E-state index contributed by atoms with van der Waals surface area (Å²) in [7, 11) is 1.59. The highest BCUT2D eigenvalue weighted by atomic mass is 16.5. The summed E-state index contributed by atoms with van der Waals surface area (Å²) in [6.07, 6.45) is 2.39. The maximum absolute atomic E-state index is 11.4. The van der Waals surface area contributed by atoms with Crippen LogP contribution in [-0.2, 0) is 6.54 Å². The Bertz CT molecular complexity index is 1300. The Morgan fingerprint density at radius 2 is 2.15 bits per heavy atom. The fraction of sp³-hybridized carbons (Fsp3) is 0.304. The minimum Gasteiger partial charge on any atom is -0.504 e. The first-order valence-electron chi connectivity index (χ1n) is 10.6. The molecule has 1 atom stereocenters. The summed E-state index contributed by atoms with van der Waals surface area (Å²) < 4.78 is 11.7. The minimum atomic E-state index is -0.906. The zero-order valence-corrected chi connectivity index (χ0v) is 18.2. The monoisotopic (exact) mass is 449 g/mol. The Morgan fingerprint density at radius 3 is 2.91 bits per heavy atom. The first-order valence-corrected chi connectivity index (χ1v) is 10.6. The molecule has 1 amide bonds. The molecular weight excluding hydrogens is 426 g/mol. The fourth-order valence-corrected chi connectivity index (χ4v) is 4.39. The zero-order chi connectivity index (χ0) is 23.1. The second-order valence-electron chi connectivity index (χ2n) is 8.10. The number of furan rings is 1. The summed E-state index contributed by atoms with van der Waals surface area (Å²) in [4.78, 5) is 19.2. The summed E-state index contributed by atoms with van der Waals surface area (Å²) in [6.45, 7) is 3.98. The van der Waals surface area contributed by atoms with Crippen LogP contribution in [0.4, 0.5) is 10.6 Å². The molecule has 0 saturated carbocycles. The van der Waals surface area contributed by atoms with E-state index < -0.39 is 6.09 Å². The van der Waals surface area contributed by atoms with E-state index in [1.807, 2.05) is 13.0 Å². The van der Waals surface area contributed by atoms with Gasteiger partial charge in [-0.2, -0.15) is 0 Å². The number of pyridine rings is 1. The average molecular weight is 449 g/mol. The number of fused-ring (bicyclic) bond motifs is 2. The van der Waals surface area contributed by atoms with Crippen LogP contribution in [0, 0.1) is 0 Å². The number of piperazine rings is 1. The zero-order valence-electron chi connectivity index (χ0n) is 18.2. The third-order valence-corrected chi connectivity index (χ3v) is 6.06. The van der Waals surface area contributed by atoms with Gasteiger partial charge < -0.3 is 24.3 Å². The standard InChI is InChI=1S/C23H23N5O5/c1-13-11-27(8-9-28(13)23(30)31)12-16-18(32-2)6-5-15-20(29)19(33-21(15)16)10-17-14-4-3-7-24-22(14)26-25-17/h3-7,10,13,29H,8-9,11-12H2,1-2H3,(H,30,31). The Balaban J connectivity index is 1.50. The van der Waals surface area contributed by atoms with Crippen LogP contribution in [0.1, 0.15) is 23.8 Å². The second-order valence-corrected chi connectivity index (χ2v) is 8.10. The van der Waals surface area contributed by atoms with Gasteiger partial charge in [-0.05, 0) is 31.2 Å². The summed E-state index contributed by atoms with van der Waals surface area (Å²) in [5.74, 6) is 1.45. The van der Waals surface area contributed by atoms with Crippen LogP contribution in [0.2, 0.25) is 0 Å². The van der Waals surface area contributed by atoms with Crippen molar-refractivity contribution in [3.8, 4) is 11.5 Å². The van der Waals surface area contributed by atoms with Crippen molar-refractivity contribution in [1.29, 1.82) is 0 Å². The van der Waals surface area contributed by atoms with Gasteiger partial charge in [0.1, 0.15) is 17.0 Å². The van der Waals surface area contributed by atoms with Crippen molar-refractivity contribution in [2.24, 2.45) is 10.2 Å². The summed E-state index contributed by atoms with van der Waals surface area (Å²) in [6, 6.07) is 7.09. The molecule has 2 N–H and O–H groups in total. The van der Waals surface area contributed by atoms with Gasteiger partial charge >= 0.3 is 6.09 Å². The van der Waals surface area contributed by atoms with E-state index in [0.29, 0.717) is 54.4 Å². The molecule has 0 spiro atoms. The molecule has 0 radical (unpaired) electrons. The van der Waals surface area contributed by atoms with Crippen LogP contribution in [-0.4, -0.2) is 63.9 Å². The molecule has 10 heteroatoms. The van der Waals surface area contributed by atoms with Crippen LogP contribution in [0.3, 0.4) is 0 Å². The molecule has 2 aliphatic heterocycles. The summed E-state index contributed by atoms with van der Waals surface area (Å²) in [5, 5.41) is 29.0. The molecule has 0 aliphatic carbocycles. The number of aromatic nitrogens is 1. The Hall–Kier alpha value is -3.92. The smallest absolute Gasteiger partial charge is 0.407 e. The first kappa shape index (κ1) is 21.0. The lowest BCUT2D eigenvalue weighted by molar-refractivity contribution is 0.0708. The van der Waals surface area contributed by atoms with Gasteiger partial charge in [0.25, 0.3) is 0 Å². The van der Waals surface area contributed by atoms with E-state index in [2.05, 4.69) is 20.1 Å². The van der Waals surface area contributed by atoms with Crippen molar-refractivity contribution in [2.45, 2.75) is 19.5 Å². The number of ether oxygens (including phenoxy) is 1. The predicted octanol–water partition coefficient (Wildman–Crippen LogP) is 4.32. The van der Waals surface area contributed by atoms with Crippen molar-refractivity contribution in [3.05, 3.63) is 47.3 Å². The summed E-state index contributed by atoms with van der Waals surface area (Å²) >= 11 is 0. The topological polar surface area (TPSA) is 124 Å². The maximum atomic E-state index is 11.4. The van der Waals surface area contributed by atoms with Gasteiger partial charge in [0.2, 0.25) is 0 Å². The molecule has 1 fully saturated rings. The van der Waals surface area contributed by atoms with E-state index in [0.717, 1.165) is 11.1 Å². The third kappa shape index (κ3) is 3.68. The molecule has 33 heavy (non-hydrogen) atoms. The molecule has 2 aliphatic rings. The molecule has 1 unspecified atom stereocenters. The number of methoxy groups -OCH3 is 1. The molecule has 1 aromatic carbocycles. The maximum Gasteiger partial charge on any atom is 0.407 e.